The van der Waals surface area contributed by atoms with Gasteiger partial charge in [0.05, 0.1) is 4.90 Å². The Kier molecular flexibility index (Phi) is 7.37. The van der Waals surface area contributed by atoms with E-state index < -0.39 is 27.9 Å². The van der Waals surface area contributed by atoms with Crippen molar-refractivity contribution in [3.8, 4) is 0 Å². The van der Waals surface area contributed by atoms with Crippen LogP contribution >= 0.6 is 0 Å². The molecule has 1 aromatic carbocycles. The highest BCUT2D eigenvalue weighted by Gasteiger charge is 2.23. The quantitative estimate of drug-likeness (QED) is 0.701. The summed E-state index contributed by atoms with van der Waals surface area (Å²) in [5.41, 5.74) is 0.208. The van der Waals surface area contributed by atoms with Crippen molar-refractivity contribution in [2.45, 2.75) is 44.6 Å². The van der Waals surface area contributed by atoms with Crippen LogP contribution in [0.15, 0.2) is 29.2 Å². The summed E-state index contributed by atoms with van der Waals surface area (Å²) < 4.78 is 26.6. The van der Waals surface area contributed by atoms with Gasteiger partial charge in [-0.15, -0.1) is 0 Å². The van der Waals surface area contributed by atoms with Crippen LogP contribution < -0.4 is 5.32 Å². The van der Waals surface area contributed by atoms with Gasteiger partial charge in [-0.2, -0.15) is 4.31 Å². The fraction of sp³-hybridized carbons (Fsp3) is 0.500. The first-order valence-electron chi connectivity index (χ1n) is 7.87. The molecular formula is C16H24N2O5S. The van der Waals surface area contributed by atoms with Crippen LogP contribution in [0.2, 0.25) is 0 Å². The van der Waals surface area contributed by atoms with Gasteiger partial charge in [0.15, 0.2) is 0 Å². The molecule has 1 amide bonds. The SMILES string of the molecule is CCCN(CCC)S(=O)(=O)c1ccc(C(=O)N[C@H](C)C(=O)O)cc1. The van der Waals surface area contributed by atoms with E-state index in [1.54, 1.807) is 0 Å². The lowest BCUT2D eigenvalue weighted by atomic mass is 10.2. The largest absolute Gasteiger partial charge is 0.480 e. The lowest BCUT2D eigenvalue weighted by molar-refractivity contribution is -0.138. The number of rotatable bonds is 9. The van der Waals surface area contributed by atoms with Gasteiger partial charge in [-0.3, -0.25) is 9.59 Å². The molecule has 7 nitrogen and oxygen atoms in total. The molecule has 0 aliphatic heterocycles. The molecule has 134 valence electrons. The monoisotopic (exact) mass is 356 g/mol. The van der Waals surface area contributed by atoms with E-state index in [9.17, 15) is 18.0 Å². The molecular weight excluding hydrogens is 332 g/mol. The van der Waals surface area contributed by atoms with Crippen molar-refractivity contribution in [1.29, 1.82) is 0 Å². The average Bonchev–Trinajstić information content (AvgIpc) is 2.54. The van der Waals surface area contributed by atoms with Crippen molar-refractivity contribution in [2.75, 3.05) is 13.1 Å². The van der Waals surface area contributed by atoms with Gasteiger partial charge in [0.25, 0.3) is 5.91 Å². The van der Waals surface area contributed by atoms with E-state index in [1.807, 2.05) is 13.8 Å². The Hall–Kier alpha value is -1.93. The molecule has 0 radical (unpaired) electrons. The molecule has 1 atom stereocenters. The lowest BCUT2D eigenvalue weighted by Gasteiger charge is -2.21. The Morgan fingerprint density at radius 2 is 1.62 bits per heavy atom. The predicted molar refractivity (Wildman–Crippen MR) is 90.3 cm³/mol. The van der Waals surface area contributed by atoms with Gasteiger partial charge in [0.2, 0.25) is 10.0 Å². The molecule has 0 aliphatic carbocycles. The van der Waals surface area contributed by atoms with E-state index in [4.69, 9.17) is 5.11 Å². The molecule has 0 aromatic heterocycles. The number of aliphatic carboxylic acids is 1. The molecule has 24 heavy (non-hydrogen) atoms. The minimum atomic E-state index is -3.60. The number of sulfonamides is 1. The van der Waals surface area contributed by atoms with Crippen LogP contribution in [0.1, 0.15) is 44.0 Å². The number of hydrogen-bond acceptors (Lipinski definition) is 4. The van der Waals surface area contributed by atoms with E-state index in [1.165, 1.54) is 35.5 Å². The Morgan fingerprint density at radius 1 is 1.12 bits per heavy atom. The van der Waals surface area contributed by atoms with Crippen LogP contribution in [0, 0.1) is 0 Å². The van der Waals surface area contributed by atoms with Gasteiger partial charge < -0.3 is 10.4 Å². The molecule has 0 saturated carbocycles. The minimum absolute atomic E-state index is 0.118. The van der Waals surface area contributed by atoms with Crippen LogP contribution in [-0.2, 0) is 14.8 Å². The molecule has 8 heteroatoms. The zero-order valence-corrected chi connectivity index (χ0v) is 15.0. The molecule has 0 aliphatic rings. The highest BCUT2D eigenvalue weighted by Crippen LogP contribution is 2.17. The first-order valence-corrected chi connectivity index (χ1v) is 9.31. The van der Waals surface area contributed by atoms with E-state index in [0.717, 1.165) is 0 Å². The smallest absolute Gasteiger partial charge is 0.325 e. The first kappa shape index (κ1) is 20.1. The highest BCUT2D eigenvalue weighted by molar-refractivity contribution is 7.89. The fourth-order valence-corrected chi connectivity index (χ4v) is 3.74. The number of nitrogens with one attached hydrogen (secondary N) is 1. The summed E-state index contributed by atoms with van der Waals surface area (Å²) in [6.07, 6.45) is 1.43. The predicted octanol–water partition coefficient (Wildman–Crippen LogP) is 1.70. The van der Waals surface area contributed by atoms with Crippen LogP contribution in [0.25, 0.3) is 0 Å². The highest BCUT2D eigenvalue weighted by atomic mass is 32.2. The number of carboxylic acids is 1. The maximum Gasteiger partial charge on any atom is 0.325 e. The van der Waals surface area contributed by atoms with E-state index in [0.29, 0.717) is 25.9 Å². The first-order chi connectivity index (χ1) is 11.2. The fourth-order valence-electron chi connectivity index (χ4n) is 2.12. The Bertz CT molecular complexity index is 664. The van der Waals surface area contributed by atoms with E-state index in [2.05, 4.69) is 5.32 Å². The van der Waals surface area contributed by atoms with Crippen molar-refractivity contribution >= 4 is 21.9 Å². The molecule has 0 unspecified atom stereocenters. The van der Waals surface area contributed by atoms with Gasteiger partial charge in [-0.25, -0.2) is 8.42 Å². The summed E-state index contributed by atoms with van der Waals surface area (Å²) in [6.45, 7) is 6.06. The second-order valence-electron chi connectivity index (χ2n) is 5.46. The van der Waals surface area contributed by atoms with Crippen LogP contribution in [0.3, 0.4) is 0 Å². The molecule has 1 aromatic rings. The molecule has 0 heterocycles. The molecule has 0 bridgehead atoms. The Morgan fingerprint density at radius 3 is 2.04 bits per heavy atom. The van der Waals surface area contributed by atoms with Crippen LogP contribution in [0.5, 0.6) is 0 Å². The summed E-state index contributed by atoms with van der Waals surface area (Å²) in [4.78, 5) is 22.8. The van der Waals surface area contributed by atoms with E-state index >= 15 is 0 Å². The van der Waals surface area contributed by atoms with Crippen molar-refractivity contribution in [1.82, 2.24) is 9.62 Å². The van der Waals surface area contributed by atoms with Gasteiger partial charge >= 0.3 is 5.97 Å². The summed E-state index contributed by atoms with van der Waals surface area (Å²) >= 11 is 0. The molecule has 0 saturated heterocycles. The molecule has 0 spiro atoms. The Labute approximate surface area is 142 Å². The second kappa shape index (κ2) is 8.79. The average molecular weight is 356 g/mol. The zero-order chi connectivity index (χ0) is 18.3. The summed E-state index contributed by atoms with van der Waals surface area (Å²) in [6, 6.07) is 4.48. The second-order valence-corrected chi connectivity index (χ2v) is 7.40. The van der Waals surface area contributed by atoms with Crippen LogP contribution in [-0.4, -0.2) is 48.8 Å². The summed E-state index contributed by atoms with van der Waals surface area (Å²) in [5, 5.41) is 11.1. The number of carboxylic acid groups (broad SMARTS) is 1. The third-order valence-corrected chi connectivity index (χ3v) is 5.33. The molecule has 2 N–H and O–H groups in total. The normalized spacial score (nSPS) is 12.8. The number of amides is 1. The van der Waals surface area contributed by atoms with Gasteiger partial charge in [0.1, 0.15) is 6.04 Å². The van der Waals surface area contributed by atoms with Crippen LogP contribution in [0.4, 0.5) is 0 Å². The number of nitrogens with zero attached hydrogens (tertiary/aromatic N) is 1. The lowest BCUT2D eigenvalue weighted by Crippen LogP contribution is -2.38. The summed E-state index contributed by atoms with van der Waals surface area (Å²) in [5.74, 6) is -1.70. The maximum atomic E-state index is 12.6. The van der Waals surface area contributed by atoms with Gasteiger partial charge in [-0.1, -0.05) is 13.8 Å². The number of carbonyl (C=O) groups is 2. The van der Waals surface area contributed by atoms with Crippen molar-refractivity contribution in [3.63, 3.8) is 0 Å². The summed E-state index contributed by atoms with van der Waals surface area (Å²) in [7, 11) is -3.60. The minimum Gasteiger partial charge on any atom is -0.480 e. The molecule has 0 fully saturated rings. The number of carbonyl (C=O) groups excluding carboxylic acids is 1. The number of benzene rings is 1. The van der Waals surface area contributed by atoms with Gasteiger partial charge in [0, 0.05) is 18.7 Å². The third kappa shape index (κ3) is 5.04. The maximum absolute atomic E-state index is 12.6. The van der Waals surface area contributed by atoms with Crippen molar-refractivity contribution in [3.05, 3.63) is 29.8 Å². The third-order valence-electron chi connectivity index (χ3n) is 3.42. The topological polar surface area (TPSA) is 104 Å². The zero-order valence-electron chi connectivity index (χ0n) is 14.2. The van der Waals surface area contributed by atoms with Crippen molar-refractivity contribution < 1.29 is 23.1 Å². The standard InChI is InChI=1S/C16H24N2O5S/c1-4-10-18(11-5-2)24(22,23)14-8-6-13(7-9-14)15(19)17-12(3)16(20)21/h6-9,12H,4-5,10-11H2,1-3H3,(H,17,19)(H,20,21)/t12-/m1/s1. The Balaban J connectivity index is 2.97. The molecule has 1 rings (SSSR count). The van der Waals surface area contributed by atoms with E-state index in [-0.39, 0.29) is 10.5 Å². The number of hydrogen-bond donors (Lipinski definition) is 2. The van der Waals surface area contributed by atoms with Gasteiger partial charge in [-0.05, 0) is 44.0 Å². The van der Waals surface area contributed by atoms with Crippen molar-refractivity contribution in [2.24, 2.45) is 0 Å².